The van der Waals surface area contributed by atoms with E-state index >= 15 is 0 Å². The lowest BCUT2D eigenvalue weighted by atomic mass is 10.3. The number of fused-ring (bicyclic) bond motifs is 1. The lowest BCUT2D eigenvalue weighted by Gasteiger charge is -2.13. The normalized spacial score (nSPS) is 10.6. The molecule has 0 aliphatic carbocycles. The summed E-state index contributed by atoms with van der Waals surface area (Å²) < 4.78 is 3.16. The fraction of sp³-hybridized carbons (Fsp3) is 0. The molecule has 8 heteroatoms. The lowest BCUT2D eigenvalue weighted by molar-refractivity contribution is 0.840. The Hall–Kier alpha value is -3.52. The first-order chi connectivity index (χ1) is 12.7. The van der Waals surface area contributed by atoms with E-state index in [9.17, 15) is 0 Å². The van der Waals surface area contributed by atoms with Gasteiger partial charge in [-0.3, -0.25) is 10.8 Å². The average molecular weight is 361 g/mol. The van der Waals surface area contributed by atoms with Crippen molar-refractivity contribution in [1.82, 2.24) is 19.4 Å². The largest absolute Gasteiger partial charge is 0.331 e. The lowest BCUT2D eigenvalue weighted by Crippen LogP contribution is -2.35. The second-order valence-corrected chi connectivity index (χ2v) is 5.93. The number of nitrogens with zero attached hydrogens (tertiary/aromatic N) is 4. The SMILES string of the molecule is N=c1c2cnn(-c3ccccc3)c2ncn1NC(=S)Nc1ccccc1. The molecule has 0 saturated carbocycles. The van der Waals surface area contributed by atoms with Gasteiger partial charge in [0, 0.05) is 5.69 Å². The molecule has 2 heterocycles. The minimum absolute atomic E-state index is 0.217. The minimum atomic E-state index is 0.217. The zero-order valence-electron chi connectivity index (χ0n) is 13.6. The van der Waals surface area contributed by atoms with Crippen LogP contribution in [0.4, 0.5) is 5.69 Å². The third kappa shape index (κ3) is 3.05. The monoisotopic (exact) mass is 361 g/mol. The molecule has 0 aliphatic rings. The Morgan fingerprint density at radius 2 is 1.69 bits per heavy atom. The number of aromatic nitrogens is 4. The van der Waals surface area contributed by atoms with E-state index in [1.54, 1.807) is 10.9 Å². The van der Waals surface area contributed by atoms with Crippen molar-refractivity contribution in [3.63, 3.8) is 0 Å². The van der Waals surface area contributed by atoms with E-state index in [1.165, 1.54) is 11.0 Å². The number of rotatable bonds is 3. The topological polar surface area (TPSA) is 83.5 Å². The number of para-hydroxylation sites is 2. The molecular weight excluding hydrogens is 346 g/mol. The summed E-state index contributed by atoms with van der Waals surface area (Å²) >= 11 is 5.31. The maximum absolute atomic E-state index is 8.41. The molecule has 0 aliphatic heterocycles. The van der Waals surface area contributed by atoms with Crippen LogP contribution in [0, 0.1) is 5.41 Å². The molecule has 0 fully saturated rings. The summed E-state index contributed by atoms with van der Waals surface area (Å²) in [6, 6.07) is 19.3. The second kappa shape index (κ2) is 6.77. The van der Waals surface area contributed by atoms with Crippen molar-refractivity contribution >= 4 is 34.1 Å². The van der Waals surface area contributed by atoms with Crippen LogP contribution in [0.2, 0.25) is 0 Å². The molecule has 0 radical (unpaired) electrons. The zero-order chi connectivity index (χ0) is 17.9. The van der Waals surface area contributed by atoms with Crippen molar-refractivity contribution in [1.29, 1.82) is 5.41 Å². The molecule has 0 saturated heterocycles. The van der Waals surface area contributed by atoms with Crippen molar-refractivity contribution in [3.05, 3.63) is 78.7 Å². The number of hydrogen-bond acceptors (Lipinski definition) is 4. The summed E-state index contributed by atoms with van der Waals surface area (Å²) in [5.41, 5.74) is 5.53. The first-order valence-corrected chi connectivity index (χ1v) is 8.32. The third-order valence-electron chi connectivity index (χ3n) is 3.79. The Kier molecular flexibility index (Phi) is 4.16. The van der Waals surface area contributed by atoms with Crippen LogP contribution in [0.1, 0.15) is 0 Å². The molecule has 2 aromatic carbocycles. The van der Waals surface area contributed by atoms with Gasteiger partial charge in [0.05, 0.1) is 17.3 Å². The van der Waals surface area contributed by atoms with Crippen LogP contribution >= 0.6 is 12.2 Å². The molecule has 3 N–H and O–H groups in total. The van der Waals surface area contributed by atoms with Crippen LogP contribution in [0.15, 0.2) is 73.2 Å². The van der Waals surface area contributed by atoms with Crippen molar-refractivity contribution in [2.75, 3.05) is 10.7 Å². The molecule has 0 unspecified atom stereocenters. The van der Waals surface area contributed by atoms with E-state index in [2.05, 4.69) is 20.8 Å². The third-order valence-corrected chi connectivity index (χ3v) is 3.98. The van der Waals surface area contributed by atoms with Gasteiger partial charge < -0.3 is 5.32 Å². The molecule has 0 amide bonds. The Labute approximate surface area is 154 Å². The first kappa shape index (κ1) is 16.0. The fourth-order valence-electron chi connectivity index (χ4n) is 2.57. The van der Waals surface area contributed by atoms with Gasteiger partial charge in [-0.2, -0.15) is 5.10 Å². The molecule has 0 bridgehead atoms. The predicted octanol–water partition coefficient (Wildman–Crippen LogP) is 2.64. The van der Waals surface area contributed by atoms with Crippen LogP contribution in [0.25, 0.3) is 16.7 Å². The van der Waals surface area contributed by atoms with Gasteiger partial charge in [0.2, 0.25) is 0 Å². The van der Waals surface area contributed by atoms with Gasteiger partial charge >= 0.3 is 0 Å². The van der Waals surface area contributed by atoms with Gasteiger partial charge in [0.25, 0.3) is 0 Å². The molecule has 26 heavy (non-hydrogen) atoms. The summed E-state index contributed by atoms with van der Waals surface area (Å²) in [5.74, 6) is 0. The van der Waals surface area contributed by atoms with Crippen molar-refractivity contribution in [2.24, 2.45) is 0 Å². The first-order valence-electron chi connectivity index (χ1n) is 7.91. The highest BCUT2D eigenvalue weighted by molar-refractivity contribution is 7.80. The molecule has 0 atom stereocenters. The molecule has 4 rings (SSSR count). The average Bonchev–Trinajstić information content (AvgIpc) is 3.10. The van der Waals surface area contributed by atoms with Crippen LogP contribution < -0.4 is 16.2 Å². The molecule has 128 valence electrons. The quantitative estimate of drug-likeness (QED) is 0.489. The maximum Gasteiger partial charge on any atom is 0.190 e. The maximum atomic E-state index is 8.41. The van der Waals surface area contributed by atoms with Crippen LogP contribution in [-0.2, 0) is 0 Å². The van der Waals surface area contributed by atoms with E-state index in [0.717, 1.165) is 11.4 Å². The molecule has 4 aromatic rings. The smallest absolute Gasteiger partial charge is 0.190 e. The molecule has 7 nitrogen and oxygen atoms in total. The van der Waals surface area contributed by atoms with Gasteiger partial charge in [0.1, 0.15) is 6.33 Å². The summed E-state index contributed by atoms with van der Waals surface area (Å²) in [6.07, 6.45) is 3.15. The van der Waals surface area contributed by atoms with Crippen molar-refractivity contribution < 1.29 is 0 Å². The zero-order valence-corrected chi connectivity index (χ0v) is 14.4. The Balaban J connectivity index is 1.63. The van der Waals surface area contributed by atoms with E-state index < -0.39 is 0 Å². The Morgan fingerprint density at radius 1 is 1.00 bits per heavy atom. The van der Waals surface area contributed by atoms with Crippen LogP contribution in [-0.4, -0.2) is 24.6 Å². The number of hydrogen-bond donors (Lipinski definition) is 3. The molecular formula is C18H15N7S. The minimum Gasteiger partial charge on any atom is -0.331 e. The number of anilines is 1. The predicted molar refractivity (Wildman–Crippen MR) is 105 cm³/mol. The molecule has 2 aromatic heterocycles. The van der Waals surface area contributed by atoms with Crippen LogP contribution in [0.5, 0.6) is 0 Å². The number of thiocarbonyl (C=S) groups is 1. The van der Waals surface area contributed by atoms with Gasteiger partial charge in [-0.05, 0) is 36.5 Å². The van der Waals surface area contributed by atoms with Gasteiger partial charge in [-0.1, -0.05) is 36.4 Å². The van der Waals surface area contributed by atoms with Crippen LogP contribution in [0.3, 0.4) is 0 Å². The van der Waals surface area contributed by atoms with Gasteiger partial charge in [-0.15, -0.1) is 0 Å². The Bertz CT molecular complexity index is 1120. The standard InChI is InChI=1S/C18H15N7S/c19-16-15-11-21-25(14-9-5-2-6-10-14)17(15)20-12-24(16)23-18(26)22-13-7-3-1-4-8-13/h1-12,19H,(H2,22,23,26). The fourth-order valence-corrected chi connectivity index (χ4v) is 2.78. The summed E-state index contributed by atoms with van der Waals surface area (Å²) in [4.78, 5) is 4.43. The number of benzene rings is 2. The van der Waals surface area contributed by atoms with E-state index in [0.29, 0.717) is 16.1 Å². The van der Waals surface area contributed by atoms with Gasteiger partial charge in [0.15, 0.2) is 16.2 Å². The van der Waals surface area contributed by atoms with Crippen molar-refractivity contribution in [3.8, 4) is 5.69 Å². The van der Waals surface area contributed by atoms with E-state index in [1.807, 2.05) is 60.7 Å². The van der Waals surface area contributed by atoms with E-state index in [4.69, 9.17) is 17.6 Å². The van der Waals surface area contributed by atoms with Gasteiger partial charge in [-0.25, -0.2) is 14.3 Å². The highest BCUT2D eigenvalue weighted by Crippen LogP contribution is 2.12. The van der Waals surface area contributed by atoms with Crippen molar-refractivity contribution in [2.45, 2.75) is 0 Å². The summed E-state index contributed by atoms with van der Waals surface area (Å²) in [6.45, 7) is 0. The summed E-state index contributed by atoms with van der Waals surface area (Å²) in [7, 11) is 0. The summed E-state index contributed by atoms with van der Waals surface area (Å²) in [5, 5.41) is 16.8. The van der Waals surface area contributed by atoms with E-state index in [-0.39, 0.29) is 5.49 Å². The highest BCUT2D eigenvalue weighted by Gasteiger charge is 2.10. The number of nitrogens with one attached hydrogen (secondary N) is 3. The second-order valence-electron chi connectivity index (χ2n) is 5.52. The Morgan fingerprint density at radius 3 is 2.42 bits per heavy atom. The highest BCUT2D eigenvalue weighted by atomic mass is 32.1. The molecule has 0 spiro atoms.